The molecular formula is C15H14Br2O3. The van der Waals surface area contributed by atoms with E-state index in [0.29, 0.717) is 10.2 Å². The standard InChI is InChI=1S/C15H14Br2O3/c1-15(2)14(17)13(19)12-8-6-9(16)10(18)5-7(8)3-4-11(12)20-15/h3-6,13-14,18-19H,1-2H3. The molecule has 0 fully saturated rings. The lowest BCUT2D eigenvalue weighted by Gasteiger charge is -2.40. The molecule has 0 bridgehead atoms. The van der Waals surface area contributed by atoms with Gasteiger partial charge in [0.15, 0.2) is 0 Å². The molecular weight excluding hydrogens is 388 g/mol. The molecule has 0 saturated carbocycles. The Morgan fingerprint density at radius 3 is 2.65 bits per heavy atom. The molecule has 0 aromatic heterocycles. The van der Waals surface area contributed by atoms with Crippen LogP contribution in [0.15, 0.2) is 28.7 Å². The third-order valence-corrected chi connectivity index (χ3v) is 5.94. The summed E-state index contributed by atoms with van der Waals surface area (Å²) in [5, 5.41) is 22.1. The van der Waals surface area contributed by atoms with Crippen molar-refractivity contribution in [2.75, 3.05) is 0 Å². The first-order valence-electron chi connectivity index (χ1n) is 6.27. The normalized spacial score (nSPS) is 24.2. The highest BCUT2D eigenvalue weighted by molar-refractivity contribution is 9.10. The Bertz CT molecular complexity index is 697. The van der Waals surface area contributed by atoms with E-state index in [4.69, 9.17) is 4.74 Å². The van der Waals surface area contributed by atoms with Gasteiger partial charge in [0.2, 0.25) is 0 Å². The number of aliphatic hydroxyl groups is 1. The monoisotopic (exact) mass is 400 g/mol. The van der Waals surface area contributed by atoms with E-state index in [1.807, 2.05) is 32.0 Å². The van der Waals surface area contributed by atoms with Crippen molar-refractivity contribution < 1.29 is 14.9 Å². The van der Waals surface area contributed by atoms with Gasteiger partial charge in [-0.05, 0) is 58.7 Å². The number of hydrogen-bond donors (Lipinski definition) is 2. The van der Waals surface area contributed by atoms with Gasteiger partial charge in [-0.1, -0.05) is 22.0 Å². The molecule has 3 rings (SSSR count). The topological polar surface area (TPSA) is 49.7 Å². The van der Waals surface area contributed by atoms with Crippen LogP contribution in [0.4, 0.5) is 0 Å². The number of phenolic OH excluding ortho intramolecular Hbond substituents is 1. The minimum absolute atomic E-state index is 0.180. The van der Waals surface area contributed by atoms with Crippen molar-refractivity contribution in [2.24, 2.45) is 0 Å². The Morgan fingerprint density at radius 2 is 1.95 bits per heavy atom. The van der Waals surface area contributed by atoms with Crippen molar-refractivity contribution in [3.63, 3.8) is 0 Å². The van der Waals surface area contributed by atoms with E-state index in [9.17, 15) is 10.2 Å². The molecule has 0 spiro atoms. The van der Waals surface area contributed by atoms with Crippen molar-refractivity contribution in [2.45, 2.75) is 30.4 Å². The number of halogens is 2. The van der Waals surface area contributed by atoms with E-state index >= 15 is 0 Å². The maximum Gasteiger partial charge on any atom is 0.130 e. The van der Waals surface area contributed by atoms with Crippen molar-refractivity contribution >= 4 is 42.6 Å². The van der Waals surface area contributed by atoms with E-state index in [-0.39, 0.29) is 10.6 Å². The Hall–Kier alpha value is -0.780. The maximum absolute atomic E-state index is 10.6. The van der Waals surface area contributed by atoms with Gasteiger partial charge in [-0.3, -0.25) is 0 Å². The van der Waals surface area contributed by atoms with E-state index in [1.54, 1.807) is 6.07 Å². The van der Waals surface area contributed by atoms with Crippen molar-refractivity contribution in [3.8, 4) is 11.5 Å². The molecule has 106 valence electrons. The number of benzene rings is 2. The zero-order valence-corrected chi connectivity index (χ0v) is 14.2. The van der Waals surface area contributed by atoms with Crippen LogP contribution in [0.25, 0.3) is 10.8 Å². The quantitative estimate of drug-likeness (QED) is 0.648. The fourth-order valence-corrected chi connectivity index (χ4v) is 3.30. The van der Waals surface area contributed by atoms with Gasteiger partial charge in [0, 0.05) is 5.56 Å². The summed E-state index contributed by atoms with van der Waals surface area (Å²) in [6.45, 7) is 3.88. The molecule has 0 saturated heterocycles. The van der Waals surface area contributed by atoms with Crippen molar-refractivity contribution in [1.82, 2.24) is 0 Å². The number of alkyl halides is 1. The summed E-state index contributed by atoms with van der Waals surface area (Å²) >= 11 is 6.85. The zero-order chi connectivity index (χ0) is 14.7. The minimum atomic E-state index is -0.672. The van der Waals surface area contributed by atoms with E-state index in [1.165, 1.54) is 0 Å². The van der Waals surface area contributed by atoms with Crippen LogP contribution in [0.5, 0.6) is 11.5 Å². The van der Waals surface area contributed by atoms with Crippen LogP contribution in [-0.4, -0.2) is 20.6 Å². The zero-order valence-electron chi connectivity index (χ0n) is 11.0. The van der Waals surface area contributed by atoms with Gasteiger partial charge >= 0.3 is 0 Å². The minimum Gasteiger partial charge on any atom is -0.507 e. The average Bonchev–Trinajstić information content (AvgIpc) is 2.37. The Labute approximate surface area is 133 Å². The predicted molar refractivity (Wildman–Crippen MR) is 85.7 cm³/mol. The summed E-state index contributed by atoms with van der Waals surface area (Å²) in [5.74, 6) is 0.864. The van der Waals surface area contributed by atoms with Crippen LogP contribution in [0.2, 0.25) is 0 Å². The molecule has 5 heteroatoms. The van der Waals surface area contributed by atoms with E-state index in [0.717, 1.165) is 16.3 Å². The predicted octanol–water partition coefficient (Wildman–Crippen LogP) is 4.28. The van der Waals surface area contributed by atoms with Crippen molar-refractivity contribution in [3.05, 3.63) is 34.3 Å². The van der Waals surface area contributed by atoms with Crippen LogP contribution in [0.3, 0.4) is 0 Å². The third kappa shape index (κ3) is 2.03. The molecule has 2 aromatic carbocycles. The number of aliphatic hydroxyl groups excluding tert-OH is 1. The molecule has 0 radical (unpaired) electrons. The lowest BCUT2D eigenvalue weighted by Crippen LogP contribution is -2.45. The summed E-state index contributed by atoms with van der Waals surface area (Å²) in [6, 6.07) is 7.22. The lowest BCUT2D eigenvalue weighted by atomic mass is 9.88. The molecule has 1 heterocycles. The second-order valence-electron chi connectivity index (χ2n) is 5.55. The van der Waals surface area contributed by atoms with Gasteiger partial charge in [0.1, 0.15) is 17.1 Å². The average molecular weight is 402 g/mol. The fraction of sp³-hybridized carbons (Fsp3) is 0.333. The molecule has 2 atom stereocenters. The third-order valence-electron chi connectivity index (χ3n) is 3.70. The Morgan fingerprint density at radius 1 is 1.25 bits per heavy atom. The van der Waals surface area contributed by atoms with Gasteiger partial charge in [0.05, 0.1) is 15.4 Å². The first kappa shape index (κ1) is 14.2. The molecule has 20 heavy (non-hydrogen) atoms. The highest BCUT2D eigenvalue weighted by Crippen LogP contribution is 2.47. The first-order valence-corrected chi connectivity index (χ1v) is 7.98. The number of aromatic hydroxyl groups is 1. The summed E-state index contributed by atoms with van der Waals surface area (Å²) in [6.07, 6.45) is -0.672. The molecule has 1 aliphatic heterocycles. The van der Waals surface area contributed by atoms with Crippen LogP contribution < -0.4 is 4.74 Å². The molecule has 2 unspecified atom stereocenters. The Balaban J connectivity index is 2.31. The molecule has 0 aliphatic carbocycles. The fourth-order valence-electron chi connectivity index (χ4n) is 2.60. The molecule has 3 nitrogen and oxygen atoms in total. The van der Waals surface area contributed by atoms with Crippen molar-refractivity contribution in [1.29, 1.82) is 0 Å². The highest BCUT2D eigenvalue weighted by Gasteiger charge is 2.42. The molecule has 2 N–H and O–H groups in total. The van der Waals surface area contributed by atoms with Gasteiger partial charge in [-0.25, -0.2) is 0 Å². The lowest BCUT2D eigenvalue weighted by molar-refractivity contribution is 0.0236. The van der Waals surface area contributed by atoms with E-state index in [2.05, 4.69) is 31.9 Å². The Kier molecular flexibility index (Phi) is 3.27. The number of hydrogen-bond acceptors (Lipinski definition) is 3. The molecule has 0 amide bonds. The summed E-state index contributed by atoms with van der Waals surface area (Å²) < 4.78 is 6.59. The van der Waals surface area contributed by atoms with E-state index < -0.39 is 11.7 Å². The van der Waals surface area contributed by atoms with Gasteiger partial charge in [0.25, 0.3) is 0 Å². The summed E-state index contributed by atoms with van der Waals surface area (Å²) in [7, 11) is 0. The molecule has 2 aromatic rings. The summed E-state index contributed by atoms with van der Waals surface area (Å²) in [4.78, 5) is -0.208. The second-order valence-corrected chi connectivity index (χ2v) is 7.40. The smallest absolute Gasteiger partial charge is 0.130 e. The second kappa shape index (κ2) is 4.61. The van der Waals surface area contributed by atoms with Gasteiger partial charge in [-0.15, -0.1) is 0 Å². The number of rotatable bonds is 0. The number of ether oxygens (including phenoxy) is 1. The van der Waals surface area contributed by atoms with Crippen LogP contribution >= 0.6 is 31.9 Å². The number of phenols is 1. The van der Waals surface area contributed by atoms with Crippen LogP contribution in [0.1, 0.15) is 25.5 Å². The first-order chi connectivity index (χ1) is 9.31. The van der Waals surface area contributed by atoms with Gasteiger partial charge in [-0.2, -0.15) is 0 Å². The highest BCUT2D eigenvalue weighted by atomic mass is 79.9. The SMILES string of the molecule is CC1(C)Oc2ccc3cc(O)c(Br)cc3c2C(O)C1Br. The maximum atomic E-state index is 10.6. The molecule has 1 aliphatic rings. The van der Waals surface area contributed by atoms with Crippen LogP contribution in [-0.2, 0) is 0 Å². The summed E-state index contributed by atoms with van der Waals surface area (Å²) in [5.41, 5.74) is 0.262. The number of fused-ring (bicyclic) bond motifs is 3. The largest absolute Gasteiger partial charge is 0.507 e. The van der Waals surface area contributed by atoms with Crippen LogP contribution in [0, 0.1) is 0 Å². The van der Waals surface area contributed by atoms with Gasteiger partial charge < -0.3 is 14.9 Å².